The third kappa shape index (κ3) is 11.7. The second-order valence-electron chi connectivity index (χ2n) is 15.7. The van der Waals surface area contributed by atoms with Gasteiger partial charge < -0.3 is 0 Å². The maximum atomic E-state index is 9.67. The zero-order chi connectivity index (χ0) is 43.6. The topological polar surface area (TPSA) is 193 Å². The Morgan fingerprint density at radius 2 is 0.467 bits per heavy atom. The molecule has 0 spiro atoms. The summed E-state index contributed by atoms with van der Waals surface area (Å²) in [5, 5.41) is 75.5. The number of nitrogens with zero attached hydrogens (tertiary/aromatic N) is 12. The van der Waals surface area contributed by atoms with E-state index in [4.69, 9.17) is 0 Å². The second kappa shape index (κ2) is 18.9. The lowest BCUT2D eigenvalue weighted by molar-refractivity contribution is -0.118. The van der Waals surface area contributed by atoms with Gasteiger partial charge in [-0.15, -0.1) is 0 Å². The molecule has 0 unspecified atom stereocenters. The second-order valence-corrected chi connectivity index (χ2v) is 15.7. The van der Waals surface area contributed by atoms with Crippen LogP contribution in [0.2, 0.25) is 0 Å². The van der Waals surface area contributed by atoms with Crippen molar-refractivity contribution in [1.29, 1.82) is 0 Å². The zero-order valence-electron chi connectivity index (χ0n) is 35.0. The van der Waals surface area contributed by atoms with Gasteiger partial charge in [-0.05, 0) is 55.4 Å². The minimum absolute atomic E-state index is 0.664. The molecule has 4 aromatic rings. The van der Waals surface area contributed by atoms with Crippen LogP contribution in [-0.4, -0.2) is 63.7 Å². The molecule has 0 bridgehead atoms. The molecule has 312 valence electrons. The number of benzene rings is 4. The molecule has 0 atom stereocenters. The molecular formula is C44H52N12O4. The first kappa shape index (κ1) is 44.4. The van der Waals surface area contributed by atoms with Crippen LogP contribution in [0.15, 0.2) is 187 Å². The van der Waals surface area contributed by atoms with Crippen molar-refractivity contribution in [3.63, 3.8) is 0 Å². The molecule has 0 saturated carbocycles. The SMILES string of the molecule is CC1(C)N=NC(c2ccccc2)=CN1O.CC1(C)N=NC(c2ccccc2)=CN1O.CC1(C)N=NC(c2ccccc2)=CN1O.CC1(C)N=NC(c2ccccc2)=CN1O. The lowest BCUT2D eigenvalue weighted by atomic mass is 10.1. The summed E-state index contributed by atoms with van der Waals surface area (Å²) in [6.45, 7) is 14.3. The first-order valence-corrected chi connectivity index (χ1v) is 19.1. The van der Waals surface area contributed by atoms with Gasteiger partial charge >= 0.3 is 0 Å². The van der Waals surface area contributed by atoms with E-state index in [-0.39, 0.29) is 0 Å². The van der Waals surface area contributed by atoms with Crippen LogP contribution >= 0.6 is 0 Å². The predicted molar refractivity (Wildman–Crippen MR) is 228 cm³/mol. The lowest BCUT2D eigenvalue weighted by Gasteiger charge is -2.30. The van der Waals surface area contributed by atoms with Gasteiger partial charge in [0, 0.05) is 22.3 Å². The Morgan fingerprint density at radius 3 is 0.617 bits per heavy atom. The quantitative estimate of drug-likeness (QED) is 0.156. The van der Waals surface area contributed by atoms with E-state index in [0.29, 0.717) is 22.8 Å². The number of hydroxylamine groups is 8. The maximum absolute atomic E-state index is 9.67. The molecular weight excluding hydrogens is 761 g/mol. The van der Waals surface area contributed by atoms with Crippen LogP contribution in [0, 0.1) is 0 Å². The van der Waals surface area contributed by atoms with Crippen LogP contribution in [0.5, 0.6) is 0 Å². The molecule has 4 N–H and O–H groups in total. The van der Waals surface area contributed by atoms with E-state index in [1.807, 2.05) is 121 Å². The highest BCUT2D eigenvalue weighted by Crippen LogP contribution is 2.30. The third-order valence-corrected chi connectivity index (χ3v) is 9.11. The Bertz CT molecular complexity index is 1960. The zero-order valence-corrected chi connectivity index (χ0v) is 35.0. The highest BCUT2D eigenvalue weighted by atomic mass is 16.5. The summed E-state index contributed by atoms with van der Waals surface area (Å²) >= 11 is 0. The average Bonchev–Trinajstić information content (AvgIpc) is 3.24. The van der Waals surface area contributed by atoms with Gasteiger partial charge in [0.05, 0.1) is 24.8 Å². The molecule has 4 heterocycles. The van der Waals surface area contributed by atoms with Crippen molar-refractivity contribution in [3.8, 4) is 0 Å². The van der Waals surface area contributed by atoms with E-state index >= 15 is 0 Å². The molecule has 0 aromatic heterocycles. The van der Waals surface area contributed by atoms with Crippen molar-refractivity contribution >= 4 is 22.8 Å². The summed E-state index contributed by atoms with van der Waals surface area (Å²) in [4.78, 5) is 0. The summed E-state index contributed by atoms with van der Waals surface area (Å²) in [5.41, 5.74) is 3.69. The first-order valence-electron chi connectivity index (χ1n) is 19.1. The van der Waals surface area contributed by atoms with Crippen LogP contribution in [0.25, 0.3) is 22.8 Å². The van der Waals surface area contributed by atoms with Gasteiger partial charge in [-0.25, -0.2) is 20.3 Å². The minimum atomic E-state index is -0.682. The Balaban J connectivity index is 0.000000152. The molecule has 0 aliphatic carbocycles. The smallest absolute Gasteiger partial charge is 0.170 e. The molecule has 0 amide bonds. The monoisotopic (exact) mass is 812 g/mol. The van der Waals surface area contributed by atoms with Crippen molar-refractivity contribution in [1.82, 2.24) is 20.3 Å². The van der Waals surface area contributed by atoms with Gasteiger partial charge in [0.2, 0.25) is 0 Å². The van der Waals surface area contributed by atoms with Gasteiger partial charge in [0.1, 0.15) is 22.8 Å². The number of azo groups is 4. The van der Waals surface area contributed by atoms with Crippen LogP contribution < -0.4 is 0 Å². The van der Waals surface area contributed by atoms with Gasteiger partial charge in [-0.1, -0.05) is 121 Å². The molecule has 16 nitrogen and oxygen atoms in total. The largest absolute Gasteiger partial charge is 0.286 e. The molecule has 0 radical (unpaired) electrons. The third-order valence-electron chi connectivity index (χ3n) is 9.11. The van der Waals surface area contributed by atoms with Crippen LogP contribution in [0.1, 0.15) is 77.6 Å². The highest BCUT2D eigenvalue weighted by molar-refractivity contribution is 5.66. The Hall–Kier alpha value is -6.72. The summed E-state index contributed by atoms with van der Waals surface area (Å²) in [6, 6.07) is 38.6. The summed E-state index contributed by atoms with van der Waals surface area (Å²) in [6.07, 6.45) is 6.34. The predicted octanol–water partition coefficient (Wildman–Crippen LogP) is 11.5. The van der Waals surface area contributed by atoms with Crippen molar-refractivity contribution in [2.45, 2.75) is 78.0 Å². The Morgan fingerprint density at radius 1 is 0.300 bits per heavy atom. The van der Waals surface area contributed by atoms with E-state index in [1.165, 1.54) is 0 Å². The van der Waals surface area contributed by atoms with E-state index in [0.717, 1.165) is 42.5 Å². The molecule has 4 aliphatic heterocycles. The summed E-state index contributed by atoms with van der Waals surface area (Å²) < 4.78 is 0. The minimum Gasteiger partial charge on any atom is -0.286 e. The van der Waals surface area contributed by atoms with E-state index < -0.39 is 22.7 Å². The molecule has 0 saturated heterocycles. The van der Waals surface area contributed by atoms with Gasteiger partial charge in [-0.3, -0.25) is 20.8 Å². The van der Waals surface area contributed by atoms with Crippen LogP contribution in [0.4, 0.5) is 0 Å². The fourth-order valence-electron chi connectivity index (χ4n) is 5.05. The molecule has 60 heavy (non-hydrogen) atoms. The average molecular weight is 813 g/mol. The van der Waals surface area contributed by atoms with Crippen molar-refractivity contribution < 1.29 is 20.8 Å². The first-order chi connectivity index (χ1) is 28.4. The fraction of sp³-hybridized carbons (Fsp3) is 0.273. The van der Waals surface area contributed by atoms with E-state index in [1.54, 1.807) is 80.2 Å². The van der Waals surface area contributed by atoms with Crippen LogP contribution in [0.3, 0.4) is 0 Å². The van der Waals surface area contributed by atoms with Gasteiger partial charge in [0.15, 0.2) is 22.7 Å². The number of hydrogen-bond acceptors (Lipinski definition) is 16. The Kier molecular flexibility index (Phi) is 14.0. The van der Waals surface area contributed by atoms with Crippen LogP contribution in [-0.2, 0) is 0 Å². The molecule has 0 fully saturated rings. The van der Waals surface area contributed by atoms with Crippen molar-refractivity contribution in [2.75, 3.05) is 0 Å². The summed E-state index contributed by atoms with van der Waals surface area (Å²) in [7, 11) is 0. The fourth-order valence-corrected chi connectivity index (χ4v) is 5.05. The molecule has 16 heteroatoms. The molecule has 4 aromatic carbocycles. The van der Waals surface area contributed by atoms with Gasteiger partial charge in [0.25, 0.3) is 0 Å². The Labute approximate surface area is 350 Å². The number of hydrogen-bond donors (Lipinski definition) is 4. The normalized spacial score (nSPS) is 18.9. The van der Waals surface area contributed by atoms with Crippen molar-refractivity contribution in [2.24, 2.45) is 40.9 Å². The lowest BCUT2D eigenvalue weighted by Crippen LogP contribution is -2.37. The van der Waals surface area contributed by atoms with E-state index in [9.17, 15) is 20.8 Å². The highest BCUT2D eigenvalue weighted by Gasteiger charge is 2.29. The summed E-state index contributed by atoms with van der Waals surface area (Å²) in [5.74, 6) is 0. The van der Waals surface area contributed by atoms with Crippen molar-refractivity contribution in [3.05, 3.63) is 168 Å². The maximum Gasteiger partial charge on any atom is 0.170 e. The van der Waals surface area contributed by atoms with E-state index in [2.05, 4.69) is 40.9 Å². The molecule has 8 rings (SSSR count). The van der Waals surface area contributed by atoms with Gasteiger partial charge in [-0.2, -0.15) is 40.9 Å². The standard InChI is InChI=1S/4C11H13N3O/c4*1-11(2)13-12-10(8-14(11)15)9-6-4-3-5-7-9/h4*3-8,15H,1-2H3. The number of rotatable bonds is 4. The molecule has 4 aliphatic rings.